The molecule has 0 bridgehead atoms. The zero-order valence-electron chi connectivity index (χ0n) is 11.6. The van der Waals surface area contributed by atoms with E-state index in [0.29, 0.717) is 0 Å². The Labute approximate surface area is 105 Å². The third kappa shape index (κ3) is 5.84. The maximum atomic E-state index is 4.32. The highest BCUT2D eigenvalue weighted by atomic mass is 15.2. The van der Waals surface area contributed by atoms with E-state index < -0.39 is 0 Å². The van der Waals surface area contributed by atoms with Crippen molar-refractivity contribution in [1.29, 1.82) is 0 Å². The second-order valence-corrected chi connectivity index (χ2v) is 5.04. The molecule has 1 heterocycles. The highest BCUT2D eigenvalue weighted by Crippen LogP contribution is 2.03. The van der Waals surface area contributed by atoms with Crippen LogP contribution in [0.15, 0.2) is 6.20 Å². The van der Waals surface area contributed by atoms with Gasteiger partial charge in [-0.3, -0.25) is 4.68 Å². The van der Waals surface area contributed by atoms with Gasteiger partial charge in [-0.2, -0.15) is 5.10 Å². The molecule has 0 aliphatic carbocycles. The molecule has 1 aromatic rings. The topological polar surface area (TPSA) is 41.9 Å². The number of aromatic nitrogens is 2. The van der Waals surface area contributed by atoms with Gasteiger partial charge in [0.05, 0.1) is 5.69 Å². The van der Waals surface area contributed by atoms with Gasteiger partial charge < -0.3 is 10.6 Å². The Kier molecular flexibility index (Phi) is 6.22. The molecule has 0 radical (unpaired) electrons. The number of nitrogens with one attached hydrogen (secondary N) is 2. The SMILES string of the molecule is Cc1nn(C)cc1CNCCCNCC(C)C. The van der Waals surface area contributed by atoms with Gasteiger partial charge in [-0.05, 0) is 38.9 Å². The van der Waals surface area contributed by atoms with Gasteiger partial charge in [0, 0.05) is 25.4 Å². The summed E-state index contributed by atoms with van der Waals surface area (Å²) in [5, 5.41) is 11.2. The molecular weight excluding hydrogens is 212 g/mol. The van der Waals surface area contributed by atoms with Crippen LogP contribution >= 0.6 is 0 Å². The maximum Gasteiger partial charge on any atom is 0.0638 e. The molecule has 1 aromatic heterocycles. The van der Waals surface area contributed by atoms with Crippen molar-refractivity contribution in [3.05, 3.63) is 17.5 Å². The van der Waals surface area contributed by atoms with Gasteiger partial charge in [0.25, 0.3) is 0 Å². The highest BCUT2D eigenvalue weighted by molar-refractivity contribution is 5.14. The van der Waals surface area contributed by atoms with Crippen LogP contribution in [-0.4, -0.2) is 29.4 Å². The second-order valence-electron chi connectivity index (χ2n) is 5.04. The van der Waals surface area contributed by atoms with Gasteiger partial charge >= 0.3 is 0 Å². The van der Waals surface area contributed by atoms with Crippen molar-refractivity contribution in [2.75, 3.05) is 19.6 Å². The molecule has 2 N–H and O–H groups in total. The largest absolute Gasteiger partial charge is 0.316 e. The fourth-order valence-electron chi connectivity index (χ4n) is 1.77. The lowest BCUT2D eigenvalue weighted by Crippen LogP contribution is -2.24. The van der Waals surface area contributed by atoms with E-state index in [2.05, 4.69) is 42.7 Å². The highest BCUT2D eigenvalue weighted by Gasteiger charge is 2.01. The lowest BCUT2D eigenvalue weighted by Gasteiger charge is -2.07. The number of hydrogen-bond donors (Lipinski definition) is 2. The Morgan fingerprint density at radius 2 is 2.00 bits per heavy atom. The molecule has 0 aliphatic rings. The van der Waals surface area contributed by atoms with Crippen LogP contribution in [0.3, 0.4) is 0 Å². The van der Waals surface area contributed by atoms with Crippen LogP contribution in [0.2, 0.25) is 0 Å². The van der Waals surface area contributed by atoms with Gasteiger partial charge in [0.1, 0.15) is 0 Å². The summed E-state index contributed by atoms with van der Waals surface area (Å²) in [5.74, 6) is 0.737. The molecular formula is C13H26N4. The Hall–Kier alpha value is -0.870. The summed E-state index contributed by atoms with van der Waals surface area (Å²) in [4.78, 5) is 0. The van der Waals surface area contributed by atoms with Gasteiger partial charge in [0.15, 0.2) is 0 Å². The van der Waals surface area contributed by atoms with E-state index in [9.17, 15) is 0 Å². The Bertz CT molecular complexity index is 317. The predicted molar refractivity (Wildman–Crippen MR) is 72.0 cm³/mol. The maximum absolute atomic E-state index is 4.32. The molecule has 4 nitrogen and oxygen atoms in total. The summed E-state index contributed by atoms with van der Waals surface area (Å²) in [5.41, 5.74) is 2.42. The van der Waals surface area contributed by atoms with Crippen LogP contribution in [0, 0.1) is 12.8 Å². The molecule has 0 unspecified atom stereocenters. The van der Waals surface area contributed by atoms with Crippen molar-refractivity contribution in [1.82, 2.24) is 20.4 Å². The molecule has 98 valence electrons. The Morgan fingerprint density at radius 3 is 2.59 bits per heavy atom. The Balaban J connectivity index is 2.03. The smallest absolute Gasteiger partial charge is 0.0638 e. The zero-order chi connectivity index (χ0) is 12.7. The quantitative estimate of drug-likeness (QED) is 0.674. The van der Waals surface area contributed by atoms with Crippen molar-refractivity contribution < 1.29 is 0 Å². The van der Waals surface area contributed by atoms with Gasteiger partial charge in [-0.15, -0.1) is 0 Å². The van der Waals surface area contributed by atoms with Crippen LogP contribution in [-0.2, 0) is 13.6 Å². The monoisotopic (exact) mass is 238 g/mol. The molecule has 0 fully saturated rings. The van der Waals surface area contributed by atoms with E-state index in [1.165, 1.54) is 12.0 Å². The molecule has 17 heavy (non-hydrogen) atoms. The van der Waals surface area contributed by atoms with Crippen molar-refractivity contribution in [2.24, 2.45) is 13.0 Å². The molecule has 1 rings (SSSR count). The van der Waals surface area contributed by atoms with Gasteiger partial charge in [-0.25, -0.2) is 0 Å². The fourth-order valence-corrected chi connectivity index (χ4v) is 1.77. The van der Waals surface area contributed by atoms with Crippen molar-refractivity contribution in [3.8, 4) is 0 Å². The van der Waals surface area contributed by atoms with E-state index in [4.69, 9.17) is 0 Å². The third-order valence-corrected chi connectivity index (χ3v) is 2.69. The first-order valence-electron chi connectivity index (χ1n) is 6.50. The first-order chi connectivity index (χ1) is 8.09. The summed E-state index contributed by atoms with van der Waals surface area (Å²) in [6.07, 6.45) is 3.26. The third-order valence-electron chi connectivity index (χ3n) is 2.69. The standard InChI is InChI=1S/C13H26N4/c1-11(2)8-14-6-5-7-15-9-13-10-17(4)16-12(13)3/h10-11,14-15H,5-9H2,1-4H3. The minimum atomic E-state index is 0.737. The summed E-state index contributed by atoms with van der Waals surface area (Å²) in [6.45, 7) is 10.7. The minimum Gasteiger partial charge on any atom is -0.316 e. The molecule has 0 amide bonds. The summed E-state index contributed by atoms with van der Waals surface area (Å²) in [6, 6.07) is 0. The van der Waals surface area contributed by atoms with E-state index in [1.807, 2.05) is 11.7 Å². The van der Waals surface area contributed by atoms with Crippen molar-refractivity contribution >= 4 is 0 Å². The summed E-state index contributed by atoms with van der Waals surface area (Å²) < 4.78 is 1.87. The van der Waals surface area contributed by atoms with Crippen LogP contribution in [0.1, 0.15) is 31.5 Å². The van der Waals surface area contributed by atoms with Crippen LogP contribution in [0.5, 0.6) is 0 Å². The fraction of sp³-hybridized carbons (Fsp3) is 0.769. The number of hydrogen-bond acceptors (Lipinski definition) is 3. The first kappa shape index (κ1) is 14.2. The lowest BCUT2D eigenvalue weighted by atomic mass is 10.2. The molecule has 0 saturated carbocycles. The number of aryl methyl sites for hydroxylation is 2. The van der Waals surface area contributed by atoms with E-state index >= 15 is 0 Å². The molecule has 0 spiro atoms. The molecule has 0 saturated heterocycles. The molecule has 0 aliphatic heterocycles. The molecule has 0 aromatic carbocycles. The average molecular weight is 238 g/mol. The van der Waals surface area contributed by atoms with Crippen LogP contribution in [0.4, 0.5) is 0 Å². The van der Waals surface area contributed by atoms with Gasteiger partial charge in [-0.1, -0.05) is 13.8 Å². The summed E-state index contributed by atoms with van der Waals surface area (Å²) in [7, 11) is 1.96. The van der Waals surface area contributed by atoms with E-state index in [0.717, 1.165) is 37.8 Å². The zero-order valence-corrected chi connectivity index (χ0v) is 11.6. The van der Waals surface area contributed by atoms with Gasteiger partial charge in [0.2, 0.25) is 0 Å². The van der Waals surface area contributed by atoms with Crippen LogP contribution in [0.25, 0.3) is 0 Å². The first-order valence-corrected chi connectivity index (χ1v) is 6.50. The van der Waals surface area contributed by atoms with E-state index in [1.54, 1.807) is 0 Å². The second kappa shape index (κ2) is 7.45. The molecule has 4 heteroatoms. The molecule has 0 atom stereocenters. The normalized spacial score (nSPS) is 11.4. The van der Waals surface area contributed by atoms with Crippen molar-refractivity contribution in [2.45, 2.75) is 33.7 Å². The Morgan fingerprint density at radius 1 is 1.29 bits per heavy atom. The number of rotatable bonds is 8. The van der Waals surface area contributed by atoms with E-state index in [-0.39, 0.29) is 0 Å². The predicted octanol–water partition coefficient (Wildman–Crippen LogP) is 1.45. The lowest BCUT2D eigenvalue weighted by molar-refractivity contribution is 0.530. The van der Waals surface area contributed by atoms with Crippen LogP contribution < -0.4 is 10.6 Å². The average Bonchev–Trinajstić information content (AvgIpc) is 2.55. The van der Waals surface area contributed by atoms with Crippen molar-refractivity contribution in [3.63, 3.8) is 0 Å². The minimum absolute atomic E-state index is 0.737. The summed E-state index contributed by atoms with van der Waals surface area (Å²) >= 11 is 0. The number of nitrogens with zero attached hydrogens (tertiary/aromatic N) is 2.